The van der Waals surface area contributed by atoms with E-state index in [1.807, 2.05) is 25.7 Å². The summed E-state index contributed by atoms with van der Waals surface area (Å²) in [6, 6.07) is -0.371. The number of hydrogen-bond donors (Lipinski definition) is 2. The molecule has 0 aromatic heterocycles. The van der Waals surface area contributed by atoms with Crippen molar-refractivity contribution in [2.45, 2.75) is 45.7 Å². The van der Waals surface area contributed by atoms with Crippen LogP contribution in [0.2, 0.25) is 0 Å². The van der Waals surface area contributed by atoms with Crippen LogP contribution in [0, 0.1) is 0 Å². The molecule has 0 fully saturated rings. The van der Waals surface area contributed by atoms with Gasteiger partial charge in [0.05, 0.1) is 12.5 Å². The number of carbonyl (C=O) groups excluding carboxylic acids is 1. The van der Waals surface area contributed by atoms with Gasteiger partial charge < -0.3 is 10.4 Å². The number of carboxylic acid groups (broad SMARTS) is 1. The van der Waals surface area contributed by atoms with Crippen LogP contribution in [0.4, 0.5) is 0 Å². The van der Waals surface area contributed by atoms with Gasteiger partial charge in [-0.25, -0.2) is 0 Å². The van der Waals surface area contributed by atoms with E-state index in [1.54, 1.807) is 13.0 Å². The average molecular weight is 256 g/mol. The summed E-state index contributed by atoms with van der Waals surface area (Å²) in [4.78, 5) is 24.4. The molecule has 1 unspecified atom stereocenters. The van der Waals surface area contributed by atoms with Gasteiger partial charge in [-0.1, -0.05) is 6.08 Å². The molecule has 0 radical (unpaired) electrons. The first-order chi connectivity index (χ1) is 8.20. The normalized spacial score (nSPS) is 13.2. The summed E-state index contributed by atoms with van der Waals surface area (Å²) in [5, 5.41) is 11.5. The monoisotopic (exact) mass is 256 g/mol. The molecule has 104 valence electrons. The largest absolute Gasteiger partial charge is 0.481 e. The van der Waals surface area contributed by atoms with Gasteiger partial charge in [-0.2, -0.15) is 0 Å². The zero-order valence-electron chi connectivity index (χ0n) is 11.7. The van der Waals surface area contributed by atoms with Crippen LogP contribution < -0.4 is 5.32 Å². The van der Waals surface area contributed by atoms with Gasteiger partial charge in [0.25, 0.3) is 0 Å². The topological polar surface area (TPSA) is 69.6 Å². The highest BCUT2D eigenvalue weighted by Crippen LogP contribution is 2.17. The number of carbonyl (C=O) groups is 2. The fraction of sp³-hybridized carbons (Fsp3) is 0.692. The first-order valence-corrected chi connectivity index (χ1v) is 6.07. The lowest BCUT2D eigenvalue weighted by Gasteiger charge is -2.39. The molecule has 0 aliphatic carbocycles. The van der Waals surface area contributed by atoms with Gasteiger partial charge in [-0.05, 0) is 27.7 Å². The van der Waals surface area contributed by atoms with Gasteiger partial charge in [0.2, 0.25) is 5.91 Å². The summed E-state index contributed by atoms with van der Waals surface area (Å²) in [5.74, 6) is -0.974. The number of rotatable bonds is 7. The molecule has 5 heteroatoms. The standard InChI is InChI=1S/C13H24N2O3/c1-6-8-14-12(18)10(2)15(13(3,4)5)9-7-11(16)17/h6,10H,1,7-9H2,2-5H3,(H,14,18)(H,16,17). The second-order valence-corrected chi connectivity index (χ2v) is 5.22. The van der Waals surface area contributed by atoms with E-state index in [-0.39, 0.29) is 23.9 Å². The zero-order chi connectivity index (χ0) is 14.3. The molecule has 2 N–H and O–H groups in total. The summed E-state index contributed by atoms with van der Waals surface area (Å²) < 4.78 is 0. The number of hydrogen-bond acceptors (Lipinski definition) is 3. The molecule has 0 aliphatic heterocycles. The maximum absolute atomic E-state index is 11.9. The van der Waals surface area contributed by atoms with Gasteiger partial charge in [-0.3, -0.25) is 14.5 Å². The molecule has 18 heavy (non-hydrogen) atoms. The Morgan fingerprint density at radius 2 is 2.00 bits per heavy atom. The van der Waals surface area contributed by atoms with Crippen LogP contribution in [-0.2, 0) is 9.59 Å². The van der Waals surface area contributed by atoms with E-state index < -0.39 is 5.97 Å². The van der Waals surface area contributed by atoms with Crippen molar-refractivity contribution >= 4 is 11.9 Å². The molecule has 0 rings (SSSR count). The highest BCUT2D eigenvalue weighted by molar-refractivity contribution is 5.81. The summed E-state index contributed by atoms with van der Waals surface area (Å²) in [6.07, 6.45) is 1.64. The van der Waals surface area contributed by atoms with Crippen LogP contribution in [0.15, 0.2) is 12.7 Å². The van der Waals surface area contributed by atoms with E-state index in [0.29, 0.717) is 13.1 Å². The molecule has 0 saturated heterocycles. The summed E-state index contributed by atoms with van der Waals surface area (Å²) in [7, 11) is 0. The second kappa shape index (κ2) is 7.16. The van der Waals surface area contributed by atoms with Crippen molar-refractivity contribution < 1.29 is 14.7 Å². The number of amides is 1. The molecule has 0 saturated carbocycles. The molecule has 1 amide bonds. The Morgan fingerprint density at radius 3 is 2.39 bits per heavy atom. The van der Waals surface area contributed by atoms with E-state index in [4.69, 9.17) is 5.11 Å². The smallest absolute Gasteiger partial charge is 0.304 e. The fourth-order valence-corrected chi connectivity index (χ4v) is 1.79. The predicted octanol–water partition coefficient (Wildman–Crippen LogP) is 1.25. The van der Waals surface area contributed by atoms with Crippen molar-refractivity contribution in [3.63, 3.8) is 0 Å². The zero-order valence-corrected chi connectivity index (χ0v) is 11.7. The predicted molar refractivity (Wildman–Crippen MR) is 71.4 cm³/mol. The van der Waals surface area contributed by atoms with Crippen LogP contribution in [0.1, 0.15) is 34.1 Å². The minimum Gasteiger partial charge on any atom is -0.481 e. The van der Waals surface area contributed by atoms with Crippen LogP contribution in [0.3, 0.4) is 0 Å². The van der Waals surface area contributed by atoms with Crippen molar-refractivity contribution in [3.05, 3.63) is 12.7 Å². The van der Waals surface area contributed by atoms with Crippen molar-refractivity contribution in [2.24, 2.45) is 0 Å². The molecule has 0 aromatic carbocycles. The van der Waals surface area contributed by atoms with Gasteiger partial charge in [-0.15, -0.1) is 6.58 Å². The third-order valence-electron chi connectivity index (χ3n) is 2.70. The van der Waals surface area contributed by atoms with E-state index in [1.165, 1.54) is 0 Å². The third kappa shape index (κ3) is 5.82. The molecule has 0 bridgehead atoms. The van der Waals surface area contributed by atoms with Gasteiger partial charge in [0.1, 0.15) is 0 Å². The second-order valence-electron chi connectivity index (χ2n) is 5.22. The first-order valence-electron chi connectivity index (χ1n) is 6.07. The quantitative estimate of drug-likeness (QED) is 0.673. The number of nitrogens with one attached hydrogen (secondary N) is 1. The lowest BCUT2D eigenvalue weighted by atomic mass is 10.0. The Hall–Kier alpha value is -1.36. The Labute approximate surface area is 109 Å². The minimum absolute atomic E-state index is 0.0242. The molecule has 5 nitrogen and oxygen atoms in total. The molecule has 0 aliphatic rings. The molecule has 0 aromatic rings. The highest BCUT2D eigenvalue weighted by atomic mass is 16.4. The minimum atomic E-state index is -0.858. The van der Waals surface area contributed by atoms with Crippen LogP contribution in [0.25, 0.3) is 0 Å². The molecule has 1 atom stereocenters. The Kier molecular flexibility index (Phi) is 6.62. The van der Waals surface area contributed by atoms with Crippen molar-refractivity contribution in [3.8, 4) is 0 Å². The number of aliphatic carboxylic acids is 1. The average Bonchev–Trinajstić information content (AvgIpc) is 2.23. The van der Waals surface area contributed by atoms with Crippen molar-refractivity contribution in [2.75, 3.05) is 13.1 Å². The highest BCUT2D eigenvalue weighted by Gasteiger charge is 2.30. The van der Waals surface area contributed by atoms with Crippen molar-refractivity contribution in [1.29, 1.82) is 0 Å². The lowest BCUT2D eigenvalue weighted by Crippen LogP contribution is -2.53. The van der Waals surface area contributed by atoms with E-state index in [9.17, 15) is 9.59 Å². The number of nitrogens with zero attached hydrogens (tertiary/aromatic N) is 1. The van der Waals surface area contributed by atoms with E-state index >= 15 is 0 Å². The maximum atomic E-state index is 11.9. The van der Waals surface area contributed by atoms with Gasteiger partial charge >= 0.3 is 5.97 Å². The van der Waals surface area contributed by atoms with Crippen LogP contribution in [-0.4, -0.2) is 46.6 Å². The molecular weight excluding hydrogens is 232 g/mol. The van der Waals surface area contributed by atoms with Crippen molar-refractivity contribution in [1.82, 2.24) is 10.2 Å². The third-order valence-corrected chi connectivity index (χ3v) is 2.70. The van der Waals surface area contributed by atoms with Gasteiger partial charge in [0.15, 0.2) is 0 Å². The van der Waals surface area contributed by atoms with Gasteiger partial charge in [0, 0.05) is 18.6 Å². The Morgan fingerprint density at radius 1 is 1.44 bits per heavy atom. The fourth-order valence-electron chi connectivity index (χ4n) is 1.79. The first kappa shape index (κ1) is 16.6. The summed E-state index contributed by atoms with van der Waals surface area (Å²) >= 11 is 0. The molecule has 0 heterocycles. The number of carboxylic acids is 1. The maximum Gasteiger partial charge on any atom is 0.304 e. The van der Waals surface area contributed by atoms with E-state index in [2.05, 4.69) is 11.9 Å². The Bertz CT molecular complexity index is 308. The van der Waals surface area contributed by atoms with Crippen LogP contribution in [0.5, 0.6) is 0 Å². The van der Waals surface area contributed by atoms with E-state index in [0.717, 1.165) is 0 Å². The molecular formula is C13H24N2O3. The Balaban J connectivity index is 4.68. The molecule has 0 spiro atoms. The SMILES string of the molecule is C=CCNC(=O)C(C)N(CCC(=O)O)C(C)(C)C. The lowest BCUT2D eigenvalue weighted by molar-refractivity contribution is -0.139. The summed E-state index contributed by atoms with van der Waals surface area (Å²) in [5.41, 5.74) is -0.264. The summed E-state index contributed by atoms with van der Waals surface area (Å²) in [6.45, 7) is 12.0. The van der Waals surface area contributed by atoms with Crippen LogP contribution >= 0.6 is 0 Å².